The van der Waals surface area contributed by atoms with Gasteiger partial charge in [-0.2, -0.15) is 13.5 Å². The second-order valence-electron chi connectivity index (χ2n) is 7.18. The van der Waals surface area contributed by atoms with Gasteiger partial charge in [0, 0.05) is 25.2 Å². The van der Waals surface area contributed by atoms with E-state index in [1.54, 1.807) is 42.1 Å². The Hall–Kier alpha value is -3.24. The van der Waals surface area contributed by atoms with E-state index in [9.17, 15) is 13.2 Å². The maximum atomic E-state index is 12.7. The Kier molecular flexibility index (Phi) is 7.26. The van der Waals surface area contributed by atoms with Gasteiger partial charge in [-0.15, -0.1) is 0 Å². The first-order valence-electron chi connectivity index (χ1n) is 10.0. The molecule has 0 aliphatic heterocycles. The number of nitrogens with zero attached hydrogens (tertiary/aromatic N) is 4. The molecule has 3 rings (SSSR count). The molecule has 1 aromatic carbocycles. The fourth-order valence-electron chi connectivity index (χ4n) is 3.00. The fourth-order valence-corrected chi connectivity index (χ4v) is 3.38. The first-order valence-corrected chi connectivity index (χ1v) is 11.8. The van der Waals surface area contributed by atoms with E-state index < -0.39 is 10.1 Å². The Balaban J connectivity index is 1.94. The minimum absolute atomic E-state index is 0.0790. The molecule has 0 spiro atoms. The number of aromatic nitrogens is 3. The van der Waals surface area contributed by atoms with E-state index in [2.05, 4.69) is 10.1 Å². The lowest BCUT2D eigenvalue weighted by Crippen LogP contribution is -2.26. The molecule has 0 bridgehead atoms. The van der Waals surface area contributed by atoms with Crippen molar-refractivity contribution in [1.82, 2.24) is 19.7 Å². The third-order valence-corrected chi connectivity index (χ3v) is 5.46. The van der Waals surface area contributed by atoms with Crippen LogP contribution in [-0.2, 0) is 20.7 Å². The van der Waals surface area contributed by atoms with Gasteiger partial charge in [0.05, 0.1) is 37.6 Å². The molecule has 32 heavy (non-hydrogen) atoms. The summed E-state index contributed by atoms with van der Waals surface area (Å²) in [6.45, 7) is 2.54. The van der Waals surface area contributed by atoms with Gasteiger partial charge in [-0.1, -0.05) is 24.3 Å². The molecule has 0 N–H and O–H groups in total. The van der Waals surface area contributed by atoms with Gasteiger partial charge >= 0.3 is 0 Å². The van der Waals surface area contributed by atoms with Gasteiger partial charge in [-0.3, -0.25) is 8.98 Å². The monoisotopic (exact) mass is 458 g/mol. The SMILES string of the molecule is CCN(C)C(=O)c1cc(-c2ccc(CCOS(C)(=O)=O)cc2)n(-c2ccc(OC)nc2)n1. The normalized spacial score (nSPS) is 11.4. The number of rotatable bonds is 9. The van der Waals surface area contributed by atoms with Crippen LogP contribution in [0.25, 0.3) is 16.9 Å². The van der Waals surface area contributed by atoms with Crippen LogP contribution in [0.3, 0.4) is 0 Å². The van der Waals surface area contributed by atoms with E-state index >= 15 is 0 Å². The second-order valence-corrected chi connectivity index (χ2v) is 8.82. The van der Waals surface area contributed by atoms with Crippen LogP contribution in [0.1, 0.15) is 23.0 Å². The van der Waals surface area contributed by atoms with Gasteiger partial charge in [0.25, 0.3) is 16.0 Å². The summed E-state index contributed by atoms with van der Waals surface area (Å²) in [7, 11) is -0.195. The predicted octanol–water partition coefficient (Wildman–Crippen LogP) is 2.55. The molecule has 2 heterocycles. The highest BCUT2D eigenvalue weighted by Crippen LogP contribution is 2.25. The van der Waals surface area contributed by atoms with E-state index in [0.717, 1.165) is 23.1 Å². The Morgan fingerprint density at radius 2 is 1.88 bits per heavy atom. The van der Waals surface area contributed by atoms with Gasteiger partial charge in [-0.25, -0.2) is 9.67 Å². The zero-order valence-electron chi connectivity index (χ0n) is 18.5. The van der Waals surface area contributed by atoms with Crippen LogP contribution in [-0.4, -0.2) is 67.6 Å². The molecule has 0 radical (unpaired) electrons. The first-order chi connectivity index (χ1) is 15.2. The highest BCUT2D eigenvalue weighted by molar-refractivity contribution is 7.85. The first kappa shape index (κ1) is 23.4. The number of carbonyl (C=O) groups is 1. The molecule has 170 valence electrons. The van der Waals surface area contributed by atoms with Crippen molar-refractivity contribution in [2.24, 2.45) is 0 Å². The molecule has 0 unspecified atom stereocenters. The van der Waals surface area contributed by atoms with Gasteiger partial charge in [0.1, 0.15) is 0 Å². The Bertz CT molecular complexity index is 1170. The molecule has 0 aliphatic carbocycles. The molecule has 0 saturated heterocycles. The Morgan fingerprint density at radius 1 is 1.16 bits per heavy atom. The van der Waals surface area contributed by atoms with Crippen molar-refractivity contribution in [2.45, 2.75) is 13.3 Å². The van der Waals surface area contributed by atoms with E-state index in [4.69, 9.17) is 8.92 Å². The number of amides is 1. The summed E-state index contributed by atoms with van der Waals surface area (Å²) in [6, 6.07) is 12.9. The van der Waals surface area contributed by atoms with Crippen LogP contribution in [0.4, 0.5) is 0 Å². The van der Waals surface area contributed by atoms with Crippen molar-refractivity contribution >= 4 is 16.0 Å². The van der Waals surface area contributed by atoms with Crippen LogP contribution >= 0.6 is 0 Å². The number of pyridine rings is 1. The summed E-state index contributed by atoms with van der Waals surface area (Å²) in [4.78, 5) is 18.5. The van der Waals surface area contributed by atoms with E-state index in [0.29, 0.717) is 30.2 Å². The maximum absolute atomic E-state index is 12.7. The number of methoxy groups -OCH3 is 1. The molecular formula is C22H26N4O5S. The van der Waals surface area contributed by atoms with Crippen molar-refractivity contribution in [3.8, 4) is 22.8 Å². The lowest BCUT2D eigenvalue weighted by molar-refractivity contribution is 0.0796. The summed E-state index contributed by atoms with van der Waals surface area (Å²) < 4.78 is 33.9. The number of hydrogen-bond donors (Lipinski definition) is 0. The third-order valence-electron chi connectivity index (χ3n) is 4.86. The lowest BCUT2D eigenvalue weighted by atomic mass is 10.1. The Morgan fingerprint density at radius 3 is 2.44 bits per heavy atom. The van der Waals surface area contributed by atoms with E-state index in [1.165, 1.54) is 0 Å². The average molecular weight is 459 g/mol. The van der Waals surface area contributed by atoms with E-state index in [1.807, 2.05) is 37.3 Å². The molecule has 0 atom stereocenters. The lowest BCUT2D eigenvalue weighted by Gasteiger charge is -2.11. The van der Waals surface area contributed by atoms with Crippen LogP contribution in [0.5, 0.6) is 5.88 Å². The highest BCUT2D eigenvalue weighted by Gasteiger charge is 2.19. The van der Waals surface area contributed by atoms with Crippen LogP contribution in [0, 0.1) is 0 Å². The van der Waals surface area contributed by atoms with Gasteiger partial charge in [-0.05, 0) is 31.0 Å². The van der Waals surface area contributed by atoms with Crippen molar-refractivity contribution in [3.63, 3.8) is 0 Å². The fraction of sp³-hybridized carbons (Fsp3) is 0.318. The molecular weight excluding hydrogens is 432 g/mol. The molecule has 1 amide bonds. The van der Waals surface area contributed by atoms with Crippen molar-refractivity contribution in [2.75, 3.05) is 33.6 Å². The quantitative estimate of drug-likeness (QED) is 0.454. The van der Waals surface area contributed by atoms with Gasteiger partial charge in [0.15, 0.2) is 5.69 Å². The molecule has 0 aliphatic rings. The minimum Gasteiger partial charge on any atom is -0.481 e. The van der Waals surface area contributed by atoms with Crippen LogP contribution in [0.15, 0.2) is 48.7 Å². The predicted molar refractivity (Wildman–Crippen MR) is 120 cm³/mol. The zero-order chi connectivity index (χ0) is 23.3. The summed E-state index contributed by atoms with van der Waals surface area (Å²) >= 11 is 0. The molecule has 10 heteroatoms. The summed E-state index contributed by atoms with van der Waals surface area (Å²) in [6.07, 6.45) is 3.12. The average Bonchev–Trinajstić information content (AvgIpc) is 3.23. The van der Waals surface area contributed by atoms with Crippen LogP contribution < -0.4 is 4.74 Å². The van der Waals surface area contributed by atoms with Crippen molar-refractivity contribution in [3.05, 3.63) is 59.9 Å². The van der Waals surface area contributed by atoms with Gasteiger partial charge in [0.2, 0.25) is 5.88 Å². The highest BCUT2D eigenvalue weighted by atomic mass is 32.2. The van der Waals surface area contributed by atoms with Crippen molar-refractivity contribution in [1.29, 1.82) is 0 Å². The van der Waals surface area contributed by atoms with E-state index in [-0.39, 0.29) is 12.5 Å². The third kappa shape index (κ3) is 5.71. The van der Waals surface area contributed by atoms with Gasteiger partial charge < -0.3 is 9.64 Å². The number of carbonyl (C=O) groups excluding carboxylic acids is 1. The molecule has 9 nitrogen and oxygen atoms in total. The number of hydrogen-bond acceptors (Lipinski definition) is 7. The smallest absolute Gasteiger partial charge is 0.274 e. The van der Waals surface area contributed by atoms with Crippen molar-refractivity contribution < 1.29 is 22.1 Å². The zero-order valence-corrected chi connectivity index (χ0v) is 19.3. The topological polar surface area (TPSA) is 104 Å². The largest absolute Gasteiger partial charge is 0.481 e. The second kappa shape index (κ2) is 9.92. The maximum Gasteiger partial charge on any atom is 0.274 e. The summed E-state index contributed by atoms with van der Waals surface area (Å²) in [5, 5.41) is 4.54. The molecule has 0 saturated carbocycles. The summed E-state index contributed by atoms with van der Waals surface area (Å²) in [5.41, 5.74) is 3.51. The number of benzene rings is 1. The number of ether oxygens (including phenoxy) is 1. The molecule has 2 aromatic heterocycles. The molecule has 3 aromatic rings. The standard InChI is InChI=1S/C22H26N4O5S/c1-5-25(2)22(27)19-14-20(26(24-19)18-10-11-21(30-3)23-15-18)17-8-6-16(7-9-17)12-13-31-32(4,28)29/h6-11,14-15H,5,12-13H2,1-4H3. The minimum atomic E-state index is -3.46. The molecule has 0 fully saturated rings. The summed E-state index contributed by atoms with van der Waals surface area (Å²) in [5.74, 6) is 0.300. The van der Waals surface area contributed by atoms with Crippen LogP contribution in [0.2, 0.25) is 0 Å². The Labute approximate surface area is 187 Å².